The highest BCUT2D eigenvalue weighted by Gasteiger charge is 2.31. The first-order valence-corrected chi connectivity index (χ1v) is 11.6. The van der Waals surface area contributed by atoms with Crippen LogP contribution in [0.5, 0.6) is 5.75 Å². The van der Waals surface area contributed by atoms with E-state index in [1.165, 1.54) is 40.8 Å². The van der Waals surface area contributed by atoms with Gasteiger partial charge in [0.05, 0.1) is 23.1 Å². The maximum atomic E-state index is 12.3. The molecule has 0 saturated heterocycles. The summed E-state index contributed by atoms with van der Waals surface area (Å²) in [5.41, 5.74) is 13.1. The van der Waals surface area contributed by atoms with Crippen molar-refractivity contribution in [3.05, 3.63) is 90.3 Å². The van der Waals surface area contributed by atoms with E-state index in [2.05, 4.69) is 63.2 Å². The Balaban J connectivity index is 0.00000121. The van der Waals surface area contributed by atoms with E-state index in [9.17, 15) is 13.2 Å². The van der Waals surface area contributed by atoms with Crippen molar-refractivity contribution in [2.45, 2.75) is 26.1 Å². The van der Waals surface area contributed by atoms with Crippen molar-refractivity contribution < 1.29 is 17.9 Å². The Kier molecular flexibility index (Phi) is 9.33. The minimum absolute atomic E-state index is 0.295. The van der Waals surface area contributed by atoms with Crippen LogP contribution in [0.4, 0.5) is 18.9 Å². The molecule has 0 radical (unpaired) electrons. The van der Waals surface area contributed by atoms with E-state index in [4.69, 9.17) is 0 Å². The van der Waals surface area contributed by atoms with Crippen LogP contribution in [0.1, 0.15) is 30.9 Å². The standard InChI is InChI=1S/C25H22F3N5O.CH3NS/c1-17(2)22-5-3-4-6-23(22)31-30-15-18-7-9-19(10-8-18)24-29-16-33(32-24)20-11-13-21(14-12-20)34-25(26,27)28;2-1-3/h3-17,31H,1-2H3;1H,(H2,2,3)/b30-15-;. The number of nitrogens with zero attached hydrogens (tertiary/aromatic N) is 4. The summed E-state index contributed by atoms with van der Waals surface area (Å²) < 4.78 is 42.3. The third kappa shape index (κ3) is 8.14. The Bertz CT molecular complexity index is 1320. The van der Waals surface area contributed by atoms with Gasteiger partial charge in [-0.15, -0.1) is 18.3 Å². The molecule has 11 heteroatoms. The molecule has 0 bridgehead atoms. The number of rotatable bonds is 7. The van der Waals surface area contributed by atoms with Gasteiger partial charge in [0.1, 0.15) is 12.1 Å². The van der Waals surface area contributed by atoms with E-state index in [1.807, 2.05) is 42.5 Å². The van der Waals surface area contributed by atoms with Gasteiger partial charge in [-0.05, 0) is 47.4 Å². The maximum Gasteiger partial charge on any atom is 0.573 e. The normalized spacial score (nSPS) is 11.2. The summed E-state index contributed by atoms with van der Waals surface area (Å²) in [6.45, 7) is 4.27. The van der Waals surface area contributed by atoms with Gasteiger partial charge in [-0.2, -0.15) is 5.10 Å². The lowest BCUT2D eigenvalue weighted by Crippen LogP contribution is -2.17. The summed E-state index contributed by atoms with van der Waals surface area (Å²) in [5.74, 6) is 0.579. The quantitative estimate of drug-likeness (QED) is 0.167. The van der Waals surface area contributed by atoms with Crippen molar-refractivity contribution >= 4 is 29.6 Å². The Labute approximate surface area is 217 Å². The van der Waals surface area contributed by atoms with Gasteiger partial charge in [-0.25, -0.2) is 9.67 Å². The highest BCUT2D eigenvalue weighted by atomic mass is 32.1. The third-order valence-electron chi connectivity index (χ3n) is 4.98. The molecule has 0 aliphatic heterocycles. The summed E-state index contributed by atoms with van der Waals surface area (Å²) in [5, 5.41) is 8.75. The van der Waals surface area contributed by atoms with Crippen LogP contribution in [0, 0.1) is 0 Å². The van der Waals surface area contributed by atoms with Crippen LogP contribution in [0.25, 0.3) is 17.1 Å². The molecule has 3 aromatic carbocycles. The van der Waals surface area contributed by atoms with E-state index in [0.29, 0.717) is 17.4 Å². The Morgan fingerprint density at radius 1 is 1.03 bits per heavy atom. The van der Waals surface area contributed by atoms with Gasteiger partial charge in [0.25, 0.3) is 0 Å². The van der Waals surface area contributed by atoms with Crippen LogP contribution in [-0.2, 0) is 0 Å². The Hall–Kier alpha value is -4.25. The number of alkyl halides is 3. The van der Waals surface area contributed by atoms with Crippen molar-refractivity contribution in [1.82, 2.24) is 14.8 Å². The molecule has 0 amide bonds. The fourth-order valence-electron chi connectivity index (χ4n) is 3.32. The molecule has 0 aliphatic carbocycles. The zero-order chi connectivity index (χ0) is 26.8. The van der Waals surface area contributed by atoms with Gasteiger partial charge in [-0.3, -0.25) is 5.43 Å². The molecule has 0 atom stereocenters. The zero-order valence-electron chi connectivity index (χ0n) is 20.1. The van der Waals surface area contributed by atoms with Gasteiger partial charge < -0.3 is 10.5 Å². The largest absolute Gasteiger partial charge is 0.573 e. The molecule has 0 saturated carbocycles. The number of nitrogens with two attached hydrogens (primary N) is 1. The predicted octanol–water partition coefficient (Wildman–Crippen LogP) is 6.30. The topological polar surface area (TPSA) is 90.3 Å². The maximum absolute atomic E-state index is 12.3. The number of halogens is 3. The fourth-order valence-corrected chi connectivity index (χ4v) is 3.32. The van der Waals surface area contributed by atoms with Crippen LogP contribution < -0.4 is 15.9 Å². The lowest BCUT2D eigenvalue weighted by atomic mass is 10.0. The third-order valence-corrected chi connectivity index (χ3v) is 4.98. The average Bonchev–Trinajstić information content (AvgIpc) is 3.35. The second-order valence-corrected chi connectivity index (χ2v) is 8.20. The predicted molar refractivity (Wildman–Crippen MR) is 143 cm³/mol. The van der Waals surface area contributed by atoms with Crippen LogP contribution in [0.15, 0.2) is 84.2 Å². The van der Waals surface area contributed by atoms with Gasteiger partial charge >= 0.3 is 6.36 Å². The smallest absolute Gasteiger partial charge is 0.406 e. The number of para-hydroxylation sites is 1. The number of hydrogen-bond donors (Lipinski definition) is 2. The molecule has 0 unspecified atom stereocenters. The average molecular weight is 527 g/mol. The van der Waals surface area contributed by atoms with Crippen LogP contribution in [0.2, 0.25) is 0 Å². The number of hydrazone groups is 1. The van der Waals surface area contributed by atoms with E-state index < -0.39 is 6.36 Å². The zero-order valence-corrected chi connectivity index (χ0v) is 20.9. The first kappa shape index (κ1) is 27.3. The SMILES string of the molecule is CC(C)c1ccccc1N/N=C\c1ccc(-c2ncn(-c3ccc(OC(F)(F)F)cc3)n2)cc1.NC=S. The summed E-state index contributed by atoms with van der Waals surface area (Å²) >= 11 is 4.05. The second-order valence-electron chi connectivity index (χ2n) is 7.92. The molecule has 4 aromatic rings. The van der Waals surface area contributed by atoms with Crippen molar-refractivity contribution in [1.29, 1.82) is 0 Å². The number of benzene rings is 3. The summed E-state index contributed by atoms with van der Waals surface area (Å²) in [6.07, 6.45) is -1.49. The first-order chi connectivity index (χ1) is 17.7. The van der Waals surface area contributed by atoms with Gasteiger partial charge in [-0.1, -0.05) is 68.5 Å². The van der Waals surface area contributed by atoms with E-state index in [1.54, 1.807) is 6.21 Å². The molecule has 4 rings (SSSR count). The molecular weight excluding hydrogens is 501 g/mol. The molecule has 3 N–H and O–H groups in total. The molecule has 1 aromatic heterocycles. The number of aromatic nitrogens is 3. The van der Waals surface area contributed by atoms with Crippen molar-refractivity contribution in [2.24, 2.45) is 10.8 Å². The molecule has 0 aliphatic rings. The van der Waals surface area contributed by atoms with E-state index >= 15 is 0 Å². The highest BCUT2D eigenvalue weighted by Crippen LogP contribution is 2.25. The lowest BCUT2D eigenvalue weighted by Gasteiger charge is -2.11. The molecule has 192 valence electrons. The number of ether oxygens (including phenoxy) is 1. The minimum atomic E-state index is -4.73. The summed E-state index contributed by atoms with van der Waals surface area (Å²) in [6, 6.07) is 21.0. The highest BCUT2D eigenvalue weighted by molar-refractivity contribution is 7.78. The van der Waals surface area contributed by atoms with Crippen LogP contribution >= 0.6 is 12.2 Å². The fraction of sp³-hybridized carbons (Fsp3) is 0.154. The number of thiocarbonyl (C=S) groups is 1. The second kappa shape index (κ2) is 12.6. The monoisotopic (exact) mass is 526 g/mol. The molecule has 1 heterocycles. The van der Waals surface area contributed by atoms with Crippen molar-refractivity contribution in [3.63, 3.8) is 0 Å². The van der Waals surface area contributed by atoms with E-state index in [-0.39, 0.29) is 5.75 Å². The van der Waals surface area contributed by atoms with Crippen LogP contribution in [0.3, 0.4) is 0 Å². The molecule has 7 nitrogen and oxygen atoms in total. The first-order valence-electron chi connectivity index (χ1n) is 11.1. The lowest BCUT2D eigenvalue weighted by molar-refractivity contribution is -0.274. The summed E-state index contributed by atoms with van der Waals surface area (Å²) in [4.78, 5) is 4.30. The van der Waals surface area contributed by atoms with Gasteiger partial charge in [0, 0.05) is 5.56 Å². The number of anilines is 1. The van der Waals surface area contributed by atoms with Gasteiger partial charge in [0.2, 0.25) is 0 Å². The molecule has 37 heavy (non-hydrogen) atoms. The molecule has 0 fully saturated rings. The van der Waals surface area contributed by atoms with Crippen LogP contribution in [-0.4, -0.2) is 32.8 Å². The summed E-state index contributed by atoms with van der Waals surface area (Å²) in [7, 11) is 0. The molecular formula is C26H25F3N6OS. The van der Waals surface area contributed by atoms with E-state index in [0.717, 1.165) is 22.3 Å². The minimum Gasteiger partial charge on any atom is -0.406 e. The van der Waals surface area contributed by atoms with Gasteiger partial charge in [0.15, 0.2) is 5.82 Å². The Morgan fingerprint density at radius 2 is 1.68 bits per heavy atom. The number of nitrogens with one attached hydrogen (secondary N) is 1. The molecule has 0 spiro atoms. The van der Waals surface area contributed by atoms with Crippen molar-refractivity contribution in [3.8, 4) is 22.8 Å². The number of hydrogen-bond acceptors (Lipinski definition) is 6. The van der Waals surface area contributed by atoms with Crippen molar-refractivity contribution in [2.75, 3.05) is 5.43 Å². The Morgan fingerprint density at radius 3 is 2.30 bits per heavy atom.